The fraction of sp³-hybridized carbons (Fsp3) is 0.118. The van der Waals surface area contributed by atoms with Gasteiger partial charge in [-0.2, -0.15) is 0 Å². The van der Waals surface area contributed by atoms with Crippen LogP contribution in [0.5, 0.6) is 5.75 Å². The molecule has 0 radical (unpaired) electrons. The van der Waals surface area contributed by atoms with E-state index in [2.05, 4.69) is 0 Å². The van der Waals surface area contributed by atoms with Gasteiger partial charge < -0.3 is 9.47 Å². The molecule has 0 atom stereocenters. The number of halogens is 3. The fourth-order valence-corrected chi connectivity index (χ4v) is 3.57. The molecule has 27 heavy (non-hydrogen) atoms. The predicted octanol–water partition coefficient (Wildman–Crippen LogP) is 2.74. The van der Waals surface area contributed by atoms with Crippen molar-refractivity contribution >= 4 is 38.7 Å². The molecule has 0 spiro atoms. The van der Waals surface area contributed by atoms with Gasteiger partial charge in [0.1, 0.15) is 28.9 Å². The second-order valence-corrected chi connectivity index (χ2v) is 7.52. The van der Waals surface area contributed by atoms with Gasteiger partial charge in [0, 0.05) is 11.1 Å². The molecule has 142 valence electrons. The van der Waals surface area contributed by atoms with Gasteiger partial charge in [0.15, 0.2) is 0 Å². The molecule has 1 aliphatic rings. The van der Waals surface area contributed by atoms with Crippen molar-refractivity contribution in [3.63, 3.8) is 0 Å². The van der Waals surface area contributed by atoms with Gasteiger partial charge in [0.25, 0.3) is 0 Å². The number of methoxy groups -OCH3 is 1. The fourth-order valence-electron chi connectivity index (χ4n) is 2.71. The molecule has 0 unspecified atom stereocenters. The summed E-state index contributed by atoms with van der Waals surface area (Å²) >= 11 is 6.06. The summed E-state index contributed by atoms with van der Waals surface area (Å²) in [5.74, 6) is -2.69. The first-order valence-electron chi connectivity index (χ1n) is 7.40. The van der Waals surface area contributed by atoms with E-state index in [1.165, 1.54) is 25.3 Å². The first-order chi connectivity index (χ1) is 12.6. The van der Waals surface area contributed by atoms with E-state index in [-0.39, 0.29) is 28.3 Å². The van der Waals surface area contributed by atoms with E-state index in [1.807, 2.05) is 0 Å². The smallest absolute Gasteiger partial charge is 0.339 e. The molecule has 6 nitrogen and oxygen atoms in total. The minimum Gasteiger partial charge on any atom is -0.495 e. The molecule has 0 bridgehead atoms. The number of carbonyl (C=O) groups excluding carboxylic acids is 1. The Kier molecular flexibility index (Phi) is 4.94. The number of hydrogen-bond acceptors (Lipinski definition) is 5. The SMILES string of the molecule is COc1ccc(C2=C(c3cc(F)c(S(N)(=O)=O)cc3F)COC2=O)cc1Cl. The molecule has 2 aromatic rings. The first-order valence-corrected chi connectivity index (χ1v) is 9.32. The molecule has 0 aliphatic carbocycles. The maximum absolute atomic E-state index is 14.5. The van der Waals surface area contributed by atoms with Gasteiger partial charge in [-0.1, -0.05) is 17.7 Å². The molecular weight excluding hydrogens is 404 g/mol. The Morgan fingerprint density at radius 2 is 1.89 bits per heavy atom. The quantitative estimate of drug-likeness (QED) is 0.774. The highest BCUT2D eigenvalue weighted by atomic mass is 35.5. The van der Waals surface area contributed by atoms with Gasteiger partial charge in [-0.25, -0.2) is 27.1 Å². The van der Waals surface area contributed by atoms with Crippen LogP contribution in [0.4, 0.5) is 8.78 Å². The molecule has 0 saturated carbocycles. The molecule has 1 aliphatic heterocycles. The molecule has 10 heteroatoms. The van der Waals surface area contributed by atoms with Crippen molar-refractivity contribution in [1.82, 2.24) is 0 Å². The second kappa shape index (κ2) is 6.91. The summed E-state index contributed by atoms with van der Waals surface area (Å²) in [6.07, 6.45) is 0. The average molecular weight is 416 g/mol. The zero-order valence-corrected chi connectivity index (χ0v) is 15.3. The van der Waals surface area contributed by atoms with Crippen LogP contribution in [0.25, 0.3) is 11.1 Å². The third-order valence-corrected chi connectivity index (χ3v) is 5.17. The summed E-state index contributed by atoms with van der Waals surface area (Å²) < 4.78 is 61.3. The maximum Gasteiger partial charge on any atom is 0.339 e. The van der Waals surface area contributed by atoms with Crippen LogP contribution >= 0.6 is 11.6 Å². The van der Waals surface area contributed by atoms with Crippen molar-refractivity contribution < 1.29 is 31.5 Å². The Balaban J connectivity index is 2.21. The topological polar surface area (TPSA) is 95.7 Å². The summed E-state index contributed by atoms with van der Waals surface area (Å²) in [5.41, 5.74) is 0.0427. The van der Waals surface area contributed by atoms with Crippen LogP contribution in [-0.4, -0.2) is 28.1 Å². The zero-order chi connectivity index (χ0) is 19.9. The van der Waals surface area contributed by atoms with Crippen LogP contribution in [0.2, 0.25) is 5.02 Å². The third kappa shape index (κ3) is 3.53. The summed E-state index contributed by atoms with van der Waals surface area (Å²) in [4.78, 5) is 11.2. The highest BCUT2D eigenvalue weighted by Gasteiger charge is 2.30. The first kappa shape index (κ1) is 19.3. The Hall–Kier alpha value is -2.49. The molecule has 0 amide bonds. The van der Waals surface area contributed by atoms with E-state index in [0.29, 0.717) is 23.4 Å². The van der Waals surface area contributed by atoms with E-state index in [9.17, 15) is 22.0 Å². The summed E-state index contributed by atoms with van der Waals surface area (Å²) in [6.45, 7) is -0.317. The van der Waals surface area contributed by atoms with Crippen LogP contribution in [0, 0.1) is 11.6 Å². The number of carbonyl (C=O) groups is 1. The average Bonchev–Trinajstić information content (AvgIpc) is 2.97. The molecular formula is C17H12ClF2NO5S. The van der Waals surface area contributed by atoms with Crippen LogP contribution < -0.4 is 9.88 Å². The van der Waals surface area contributed by atoms with Crippen molar-refractivity contribution in [2.24, 2.45) is 5.14 Å². The number of nitrogens with two attached hydrogens (primary N) is 1. The van der Waals surface area contributed by atoms with Crippen molar-refractivity contribution in [1.29, 1.82) is 0 Å². The lowest BCUT2D eigenvalue weighted by Gasteiger charge is -2.10. The van der Waals surface area contributed by atoms with E-state index >= 15 is 0 Å². The minimum absolute atomic E-state index is 0.0128. The van der Waals surface area contributed by atoms with Gasteiger partial charge in [0.2, 0.25) is 10.0 Å². The Bertz CT molecular complexity index is 1100. The number of rotatable bonds is 4. The lowest BCUT2D eigenvalue weighted by Crippen LogP contribution is -2.15. The normalized spacial score (nSPS) is 14.5. The molecule has 0 saturated heterocycles. The Morgan fingerprint density at radius 3 is 2.48 bits per heavy atom. The molecule has 2 aromatic carbocycles. The van der Waals surface area contributed by atoms with Crippen LogP contribution in [0.3, 0.4) is 0 Å². The zero-order valence-electron chi connectivity index (χ0n) is 13.8. The van der Waals surface area contributed by atoms with Gasteiger partial charge in [-0.3, -0.25) is 0 Å². The summed E-state index contributed by atoms with van der Waals surface area (Å²) in [7, 11) is -3.03. The van der Waals surface area contributed by atoms with Crippen LogP contribution in [0.1, 0.15) is 11.1 Å². The standard InChI is InChI=1S/C17H12ClF2NO5S/c1-25-14-3-2-8(4-11(14)18)16-10(7-26-17(16)22)9-5-13(20)15(6-12(9)19)27(21,23)24/h2-6H,7H2,1H3,(H2,21,23,24). The number of esters is 1. The molecule has 0 aromatic heterocycles. The number of primary sulfonamides is 1. The highest BCUT2D eigenvalue weighted by Crippen LogP contribution is 2.37. The van der Waals surface area contributed by atoms with Crippen molar-refractivity contribution in [3.05, 3.63) is 58.1 Å². The van der Waals surface area contributed by atoms with E-state index in [1.54, 1.807) is 0 Å². The molecule has 1 heterocycles. The second-order valence-electron chi connectivity index (χ2n) is 5.59. The molecule has 0 fully saturated rings. The van der Waals surface area contributed by atoms with E-state index in [4.69, 9.17) is 26.2 Å². The van der Waals surface area contributed by atoms with Crippen LogP contribution in [-0.2, 0) is 19.6 Å². The van der Waals surface area contributed by atoms with E-state index in [0.717, 1.165) is 0 Å². The number of cyclic esters (lactones) is 1. The largest absolute Gasteiger partial charge is 0.495 e. The third-order valence-electron chi connectivity index (χ3n) is 3.95. The lowest BCUT2D eigenvalue weighted by molar-refractivity contribution is -0.133. The number of sulfonamides is 1. The van der Waals surface area contributed by atoms with Crippen molar-refractivity contribution in [2.45, 2.75) is 4.90 Å². The minimum atomic E-state index is -4.45. The monoisotopic (exact) mass is 415 g/mol. The lowest BCUT2D eigenvalue weighted by atomic mass is 9.96. The van der Waals surface area contributed by atoms with Gasteiger partial charge in [-0.15, -0.1) is 0 Å². The molecule has 2 N–H and O–H groups in total. The highest BCUT2D eigenvalue weighted by molar-refractivity contribution is 7.89. The van der Waals surface area contributed by atoms with Crippen molar-refractivity contribution in [2.75, 3.05) is 13.7 Å². The predicted molar refractivity (Wildman–Crippen MR) is 93.5 cm³/mol. The van der Waals surface area contributed by atoms with Gasteiger partial charge in [0.05, 0.1) is 17.7 Å². The van der Waals surface area contributed by atoms with E-state index < -0.39 is 32.5 Å². The van der Waals surface area contributed by atoms with Crippen molar-refractivity contribution in [3.8, 4) is 5.75 Å². The number of hydrogen-bond donors (Lipinski definition) is 1. The Labute approximate surface area is 158 Å². The van der Waals surface area contributed by atoms with Crippen LogP contribution in [0.15, 0.2) is 35.2 Å². The summed E-state index contributed by atoms with van der Waals surface area (Å²) in [5, 5.41) is 5.07. The van der Waals surface area contributed by atoms with Gasteiger partial charge >= 0.3 is 5.97 Å². The van der Waals surface area contributed by atoms with Gasteiger partial charge in [-0.05, 0) is 29.8 Å². The summed E-state index contributed by atoms with van der Waals surface area (Å²) in [6, 6.07) is 5.58. The number of ether oxygens (including phenoxy) is 2. The number of benzene rings is 2. The maximum atomic E-state index is 14.5. The Morgan fingerprint density at radius 1 is 1.19 bits per heavy atom. The molecule has 3 rings (SSSR count).